The highest BCUT2D eigenvalue weighted by Gasteiger charge is 2.09. The van der Waals surface area contributed by atoms with Crippen LogP contribution in [0.2, 0.25) is 0 Å². The first-order valence-electron chi connectivity index (χ1n) is 6.83. The van der Waals surface area contributed by atoms with Crippen LogP contribution in [0.4, 0.5) is 11.4 Å². The van der Waals surface area contributed by atoms with Crippen molar-refractivity contribution in [3.05, 3.63) is 59.2 Å². The summed E-state index contributed by atoms with van der Waals surface area (Å²) in [4.78, 5) is 12.3. The number of hydrogen-bond donors (Lipinski definition) is 2. The third-order valence-corrected chi connectivity index (χ3v) is 3.40. The van der Waals surface area contributed by atoms with E-state index in [2.05, 4.69) is 17.6 Å². The Morgan fingerprint density at radius 1 is 1.10 bits per heavy atom. The second-order valence-electron chi connectivity index (χ2n) is 4.74. The molecule has 2 rings (SSSR count). The van der Waals surface area contributed by atoms with Crippen LogP contribution in [0.25, 0.3) is 0 Å². The van der Waals surface area contributed by atoms with Crippen LogP contribution in [0, 0.1) is 6.92 Å². The third kappa shape index (κ3) is 2.99. The zero-order valence-corrected chi connectivity index (χ0v) is 12.2. The van der Waals surface area contributed by atoms with Gasteiger partial charge in [0, 0.05) is 24.0 Å². The summed E-state index contributed by atoms with van der Waals surface area (Å²) in [6.07, 6.45) is 0.897. The average molecular weight is 268 g/mol. The second-order valence-corrected chi connectivity index (χ2v) is 4.74. The maximum Gasteiger partial charge on any atom is 0.255 e. The van der Waals surface area contributed by atoms with Crippen molar-refractivity contribution >= 4 is 17.3 Å². The molecule has 0 saturated heterocycles. The SMILES string of the molecule is CCc1ccccc1NC(=O)c1ccc(NC)c(C)c1. The predicted octanol–water partition coefficient (Wildman–Crippen LogP) is 3.85. The van der Waals surface area contributed by atoms with Gasteiger partial charge in [-0.25, -0.2) is 0 Å². The molecule has 0 fully saturated rings. The quantitative estimate of drug-likeness (QED) is 0.884. The molecule has 20 heavy (non-hydrogen) atoms. The molecule has 0 aliphatic rings. The third-order valence-electron chi connectivity index (χ3n) is 3.40. The van der Waals surface area contributed by atoms with Crippen molar-refractivity contribution in [2.75, 3.05) is 17.7 Å². The van der Waals surface area contributed by atoms with E-state index in [1.807, 2.05) is 56.4 Å². The number of aryl methyl sites for hydroxylation is 2. The summed E-state index contributed by atoms with van der Waals surface area (Å²) in [5, 5.41) is 6.08. The van der Waals surface area contributed by atoms with Crippen molar-refractivity contribution in [2.24, 2.45) is 0 Å². The van der Waals surface area contributed by atoms with Crippen LogP contribution < -0.4 is 10.6 Å². The number of para-hydroxylation sites is 1. The van der Waals surface area contributed by atoms with Gasteiger partial charge in [-0.05, 0) is 48.7 Å². The van der Waals surface area contributed by atoms with Gasteiger partial charge in [0.1, 0.15) is 0 Å². The summed E-state index contributed by atoms with van der Waals surface area (Å²) >= 11 is 0. The summed E-state index contributed by atoms with van der Waals surface area (Å²) < 4.78 is 0. The molecule has 104 valence electrons. The van der Waals surface area contributed by atoms with E-state index in [4.69, 9.17) is 0 Å². The van der Waals surface area contributed by atoms with Gasteiger partial charge in [0.05, 0.1) is 0 Å². The lowest BCUT2D eigenvalue weighted by Crippen LogP contribution is -2.13. The first-order valence-corrected chi connectivity index (χ1v) is 6.83. The van der Waals surface area contributed by atoms with Crippen molar-refractivity contribution < 1.29 is 4.79 Å². The van der Waals surface area contributed by atoms with Crippen LogP contribution in [0.3, 0.4) is 0 Å². The number of carbonyl (C=O) groups excluding carboxylic acids is 1. The molecule has 0 radical (unpaired) electrons. The molecular weight excluding hydrogens is 248 g/mol. The fourth-order valence-corrected chi connectivity index (χ4v) is 2.23. The molecule has 0 aliphatic heterocycles. The first kappa shape index (κ1) is 14.1. The fourth-order valence-electron chi connectivity index (χ4n) is 2.23. The number of hydrogen-bond acceptors (Lipinski definition) is 2. The van der Waals surface area contributed by atoms with Crippen LogP contribution in [0.15, 0.2) is 42.5 Å². The maximum atomic E-state index is 12.3. The highest BCUT2D eigenvalue weighted by atomic mass is 16.1. The summed E-state index contributed by atoms with van der Waals surface area (Å²) in [6.45, 7) is 4.07. The molecule has 0 aliphatic carbocycles. The highest BCUT2D eigenvalue weighted by Crippen LogP contribution is 2.19. The van der Waals surface area contributed by atoms with E-state index in [0.717, 1.165) is 28.9 Å². The minimum absolute atomic E-state index is 0.0725. The van der Waals surface area contributed by atoms with Crippen molar-refractivity contribution in [3.8, 4) is 0 Å². The fraction of sp³-hybridized carbons (Fsp3) is 0.235. The number of anilines is 2. The van der Waals surface area contributed by atoms with E-state index in [1.54, 1.807) is 0 Å². The van der Waals surface area contributed by atoms with E-state index >= 15 is 0 Å². The summed E-state index contributed by atoms with van der Waals surface area (Å²) in [6, 6.07) is 13.6. The Balaban J connectivity index is 2.22. The summed E-state index contributed by atoms with van der Waals surface area (Å²) in [7, 11) is 1.87. The van der Waals surface area contributed by atoms with Gasteiger partial charge in [-0.15, -0.1) is 0 Å². The standard InChI is InChI=1S/C17H20N2O/c1-4-13-7-5-6-8-16(13)19-17(20)14-9-10-15(18-3)12(2)11-14/h5-11,18H,4H2,1-3H3,(H,19,20). The number of carbonyl (C=O) groups is 1. The van der Waals surface area contributed by atoms with E-state index in [9.17, 15) is 4.79 Å². The number of nitrogens with one attached hydrogen (secondary N) is 2. The Morgan fingerprint density at radius 2 is 1.85 bits per heavy atom. The monoisotopic (exact) mass is 268 g/mol. The maximum absolute atomic E-state index is 12.3. The number of amides is 1. The molecule has 0 saturated carbocycles. The molecule has 0 heterocycles. The Morgan fingerprint density at radius 3 is 2.50 bits per heavy atom. The van der Waals surface area contributed by atoms with Gasteiger partial charge in [-0.2, -0.15) is 0 Å². The molecule has 2 aromatic carbocycles. The van der Waals surface area contributed by atoms with Crippen molar-refractivity contribution in [1.29, 1.82) is 0 Å². The largest absolute Gasteiger partial charge is 0.388 e. The molecule has 0 atom stereocenters. The average Bonchev–Trinajstić information content (AvgIpc) is 2.47. The van der Waals surface area contributed by atoms with Crippen molar-refractivity contribution in [1.82, 2.24) is 0 Å². The summed E-state index contributed by atoms with van der Waals surface area (Å²) in [5.74, 6) is -0.0725. The molecule has 2 N–H and O–H groups in total. The Labute approximate surface area is 120 Å². The van der Waals surface area contributed by atoms with Crippen molar-refractivity contribution in [2.45, 2.75) is 20.3 Å². The molecule has 1 amide bonds. The molecule has 0 unspecified atom stereocenters. The lowest BCUT2D eigenvalue weighted by molar-refractivity contribution is 0.102. The van der Waals surface area contributed by atoms with Crippen LogP contribution >= 0.6 is 0 Å². The van der Waals surface area contributed by atoms with Crippen LogP contribution in [0.1, 0.15) is 28.4 Å². The minimum Gasteiger partial charge on any atom is -0.388 e. The molecule has 0 bridgehead atoms. The molecule has 0 spiro atoms. The van der Waals surface area contributed by atoms with Gasteiger partial charge in [0.15, 0.2) is 0 Å². The molecular formula is C17H20N2O. The smallest absolute Gasteiger partial charge is 0.255 e. The van der Waals surface area contributed by atoms with Crippen LogP contribution in [-0.4, -0.2) is 13.0 Å². The molecule has 0 aromatic heterocycles. The van der Waals surface area contributed by atoms with Gasteiger partial charge in [-0.3, -0.25) is 4.79 Å². The van der Waals surface area contributed by atoms with E-state index in [-0.39, 0.29) is 5.91 Å². The van der Waals surface area contributed by atoms with Gasteiger partial charge in [0.2, 0.25) is 0 Å². The second kappa shape index (κ2) is 6.24. The highest BCUT2D eigenvalue weighted by molar-refractivity contribution is 6.05. The Bertz CT molecular complexity index is 620. The molecule has 3 heteroatoms. The van der Waals surface area contributed by atoms with Crippen LogP contribution in [0.5, 0.6) is 0 Å². The topological polar surface area (TPSA) is 41.1 Å². The Kier molecular flexibility index (Phi) is 4.41. The van der Waals surface area contributed by atoms with Crippen LogP contribution in [-0.2, 0) is 6.42 Å². The molecule has 2 aromatic rings. The zero-order valence-electron chi connectivity index (χ0n) is 12.2. The predicted molar refractivity (Wildman–Crippen MR) is 84.5 cm³/mol. The lowest BCUT2D eigenvalue weighted by Gasteiger charge is -2.11. The van der Waals surface area contributed by atoms with Crippen molar-refractivity contribution in [3.63, 3.8) is 0 Å². The van der Waals surface area contributed by atoms with E-state index in [0.29, 0.717) is 5.56 Å². The number of rotatable bonds is 4. The normalized spacial score (nSPS) is 10.2. The Hall–Kier alpha value is -2.29. The summed E-state index contributed by atoms with van der Waals surface area (Å²) in [5.41, 5.74) is 4.80. The number of benzene rings is 2. The van der Waals surface area contributed by atoms with Gasteiger partial charge >= 0.3 is 0 Å². The van der Waals surface area contributed by atoms with E-state index < -0.39 is 0 Å². The van der Waals surface area contributed by atoms with E-state index in [1.165, 1.54) is 0 Å². The van der Waals surface area contributed by atoms with Gasteiger partial charge in [0.25, 0.3) is 5.91 Å². The lowest BCUT2D eigenvalue weighted by atomic mass is 10.1. The molecule has 3 nitrogen and oxygen atoms in total. The minimum atomic E-state index is -0.0725. The van der Waals surface area contributed by atoms with Gasteiger partial charge in [-0.1, -0.05) is 25.1 Å². The van der Waals surface area contributed by atoms with Gasteiger partial charge < -0.3 is 10.6 Å². The first-order chi connectivity index (χ1) is 9.65. The zero-order chi connectivity index (χ0) is 14.5.